The zero-order chi connectivity index (χ0) is 20.2. The molecular weight excluding hydrogens is 380 g/mol. The molecule has 4 rings (SSSR count). The van der Waals surface area contributed by atoms with Crippen LogP contribution in [0.4, 0.5) is 5.13 Å². The number of amides is 1. The van der Waals surface area contributed by atoms with Crippen molar-refractivity contribution in [2.45, 2.75) is 45.4 Å². The van der Waals surface area contributed by atoms with Gasteiger partial charge in [-0.1, -0.05) is 44.2 Å². The van der Waals surface area contributed by atoms with Crippen LogP contribution in [0, 0.1) is 0 Å². The fraction of sp³-hybridized carbons (Fsp3) is 0.333. The van der Waals surface area contributed by atoms with Gasteiger partial charge in [0.25, 0.3) is 5.91 Å². The van der Waals surface area contributed by atoms with Crippen molar-refractivity contribution in [1.29, 1.82) is 0 Å². The van der Waals surface area contributed by atoms with E-state index >= 15 is 0 Å². The second kappa shape index (κ2) is 8.78. The van der Waals surface area contributed by atoms with Crippen LogP contribution >= 0.6 is 11.3 Å². The van der Waals surface area contributed by atoms with E-state index in [1.54, 1.807) is 0 Å². The summed E-state index contributed by atoms with van der Waals surface area (Å²) in [5.74, 6) is 1.10. The summed E-state index contributed by atoms with van der Waals surface area (Å²) < 4.78 is 5.66. The predicted octanol–water partition coefficient (Wildman–Crippen LogP) is 5.36. The Kier molecular flexibility index (Phi) is 5.95. The van der Waals surface area contributed by atoms with Crippen molar-refractivity contribution < 1.29 is 9.53 Å². The van der Waals surface area contributed by atoms with Crippen molar-refractivity contribution in [3.05, 3.63) is 75.8 Å². The minimum atomic E-state index is -0.187. The quantitative estimate of drug-likeness (QED) is 0.574. The summed E-state index contributed by atoms with van der Waals surface area (Å²) >= 11 is 1.51. The molecule has 0 fully saturated rings. The Morgan fingerprint density at radius 1 is 1.14 bits per heavy atom. The first kappa shape index (κ1) is 19.6. The number of aryl methyl sites for hydroxylation is 2. The Hall–Kier alpha value is -2.66. The number of carbonyl (C=O) groups excluding carboxylic acids is 1. The molecule has 2 aromatic carbocycles. The number of nitrogens with zero attached hydrogens (tertiary/aromatic N) is 1. The van der Waals surface area contributed by atoms with Gasteiger partial charge in [-0.05, 0) is 59.6 Å². The molecule has 0 aliphatic heterocycles. The highest BCUT2D eigenvalue weighted by molar-refractivity contribution is 7.15. The molecule has 0 saturated carbocycles. The molecule has 0 atom stereocenters. The summed E-state index contributed by atoms with van der Waals surface area (Å²) in [5.41, 5.74) is 5.33. The highest BCUT2D eigenvalue weighted by Crippen LogP contribution is 2.26. The fourth-order valence-corrected chi connectivity index (χ4v) is 4.47. The summed E-state index contributed by atoms with van der Waals surface area (Å²) in [6.45, 7) is 4.38. The second-order valence-corrected chi connectivity index (χ2v) is 8.94. The lowest BCUT2D eigenvalue weighted by Gasteiger charge is -2.07. The van der Waals surface area contributed by atoms with Gasteiger partial charge in [0.05, 0.1) is 0 Å². The monoisotopic (exact) mass is 406 g/mol. The SMILES string of the molecule is CC(C)c1ccc(Cc2cnc(NC(=O)COc3ccc4c(c3)CCC4)s2)cc1. The van der Waals surface area contributed by atoms with Gasteiger partial charge in [-0.25, -0.2) is 4.98 Å². The van der Waals surface area contributed by atoms with Crippen LogP contribution in [0.2, 0.25) is 0 Å². The second-order valence-electron chi connectivity index (χ2n) is 7.83. The van der Waals surface area contributed by atoms with E-state index in [1.165, 1.54) is 40.0 Å². The van der Waals surface area contributed by atoms with E-state index in [1.807, 2.05) is 12.3 Å². The van der Waals surface area contributed by atoms with E-state index < -0.39 is 0 Å². The molecule has 1 N–H and O–H groups in total. The molecule has 1 aliphatic rings. The molecule has 150 valence electrons. The Balaban J connectivity index is 1.28. The average molecular weight is 407 g/mol. The van der Waals surface area contributed by atoms with E-state index in [4.69, 9.17) is 4.74 Å². The minimum absolute atomic E-state index is 0.00956. The number of thiazole rings is 1. The largest absolute Gasteiger partial charge is 0.484 e. The number of hydrogen-bond donors (Lipinski definition) is 1. The van der Waals surface area contributed by atoms with E-state index in [0.29, 0.717) is 11.0 Å². The van der Waals surface area contributed by atoms with Crippen molar-refractivity contribution in [3.8, 4) is 5.75 Å². The maximum atomic E-state index is 12.2. The van der Waals surface area contributed by atoms with Crippen LogP contribution in [-0.4, -0.2) is 17.5 Å². The van der Waals surface area contributed by atoms with E-state index in [2.05, 4.69) is 60.5 Å². The molecule has 0 bridgehead atoms. The average Bonchev–Trinajstić information content (AvgIpc) is 3.35. The molecule has 1 amide bonds. The van der Waals surface area contributed by atoms with Gasteiger partial charge in [0, 0.05) is 17.5 Å². The molecule has 0 radical (unpaired) electrons. The Bertz CT molecular complexity index is 992. The third-order valence-corrected chi connectivity index (χ3v) is 6.18. The number of rotatable bonds is 7. The smallest absolute Gasteiger partial charge is 0.264 e. The van der Waals surface area contributed by atoms with Crippen molar-refractivity contribution in [2.24, 2.45) is 0 Å². The lowest BCUT2D eigenvalue weighted by atomic mass is 10.0. The van der Waals surface area contributed by atoms with E-state index in [-0.39, 0.29) is 12.5 Å². The van der Waals surface area contributed by atoms with Crippen LogP contribution in [0.3, 0.4) is 0 Å². The first-order valence-electron chi connectivity index (χ1n) is 10.1. The van der Waals surface area contributed by atoms with E-state index in [0.717, 1.165) is 29.9 Å². The third-order valence-electron chi connectivity index (χ3n) is 5.26. The zero-order valence-corrected chi connectivity index (χ0v) is 17.7. The van der Waals surface area contributed by atoms with Crippen LogP contribution in [-0.2, 0) is 24.1 Å². The molecule has 1 heterocycles. The van der Waals surface area contributed by atoms with Gasteiger partial charge in [-0.3, -0.25) is 10.1 Å². The summed E-state index contributed by atoms with van der Waals surface area (Å²) in [7, 11) is 0. The topological polar surface area (TPSA) is 51.2 Å². The van der Waals surface area contributed by atoms with Gasteiger partial charge in [0.2, 0.25) is 0 Å². The normalized spacial score (nSPS) is 12.8. The highest BCUT2D eigenvalue weighted by Gasteiger charge is 2.13. The number of aromatic nitrogens is 1. The molecule has 1 aliphatic carbocycles. The number of anilines is 1. The van der Waals surface area contributed by atoms with Gasteiger partial charge in [0.1, 0.15) is 5.75 Å². The molecule has 5 heteroatoms. The Morgan fingerprint density at radius 2 is 1.93 bits per heavy atom. The van der Waals surface area contributed by atoms with Crippen LogP contribution in [0.25, 0.3) is 0 Å². The van der Waals surface area contributed by atoms with Gasteiger partial charge in [-0.15, -0.1) is 11.3 Å². The third kappa shape index (κ3) is 5.04. The van der Waals surface area contributed by atoms with Crippen LogP contribution in [0.5, 0.6) is 5.75 Å². The molecule has 29 heavy (non-hydrogen) atoms. The number of carbonyl (C=O) groups is 1. The Labute approximate surface area is 176 Å². The molecule has 0 spiro atoms. The number of nitrogens with one attached hydrogen (secondary N) is 1. The lowest BCUT2D eigenvalue weighted by Crippen LogP contribution is -2.20. The Morgan fingerprint density at radius 3 is 2.72 bits per heavy atom. The maximum Gasteiger partial charge on any atom is 0.264 e. The first-order valence-corrected chi connectivity index (χ1v) is 11.0. The lowest BCUT2D eigenvalue weighted by molar-refractivity contribution is -0.118. The number of fused-ring (bicyclic) bond motifs is 1. The number of ether oxygens (including phenoxy) is 1. The fourth-order valence-electron chi connectivity index (χ4n) is 3.61. The molecule has 4 nitrogen and oxygen atoms in total. The van der Waals surface area contributed by atoms with Gasteiger partial charge >= 0.3 is 0 Å². The van der Waals surface area contributed by atoms with Crippen molar-refractivity contribution in [1.82, 2.24) is 4.98 Å². The summed E-state index contributed by atoms with van der Waals surface area (Å²) in [6.07, 6.45) is 6.09. The molecule has 3 aromatic rings. The molecule has 0 saturated heterocycles. The van der Waals surface area contributed by atoms with E-state index in [9.17, 15) is 4.79 Å². The van der Waals surface area contributed by atoms with Crippen molar-refractivity contribution >= 4 is 22.4 Å². The van der Waals surface area contributed by atoms with Crippen molar-refractivity contribution in [2.75, 3.05) is 11.9 Å². The first-order chi connectivity index (χ1) is 14.1. The van der Waals surface area contributed by atoms with Crippen LogP contribution in [0.1, 0.15) is 53.3 Å². The zero-order valence-electron chi connectivity index (χ0n) is 16.9. The minimum Gasteiger partial charge on any atom is -0.484 e. The van der Waals surface area contributed by atoms with Crippen molar-refractivity contribution in [3.63, 3.8) is 0 Å². The van der Waals surface area contributed by atoms with Gasteiger partial charge < -0.3 is 4.74 Å². The number of benzene rings is 2. The van der Waals surface area contributed by atoms with Crippen LogP contribution < -0.4 is 10.1 Å². The molecule has 0 unspecified atom stereocenters. The maximum absolute atomic E-state index is 12.2. The summed E-state index contributed by atoms with van der Waals surface area (Å²) in [4.78, 5) is 17.7. The van der Waals surface area contributed by atoms with Gasteiger partial charge in [0.15, 0.2) is 11.7 Å². The molecule has 1 aromatic heterocycles. The van der Waals surface area contributed by atoms with Crippen LogP contribution in [0.15, 0.2) is 48.7 Å². The summed E-state index contributed by atoms with van der Waals surface area (Å²) in [6, 6.07) is 14.8. The molecular formula is C24H26N2O2S. The standard InChI is InChI=1S/C24H26N2O2S/c1-16(2)18-8-6-17(7-9-18)12-22-14-25-24(29-22)26-23(27)15-28-21-11-10-19-4-3-5-20(19)13-21/h6-11,13-14,16H,3-5,12,15H2,1-2H3,(H,25,26,27). The highest BCUT2D eigenvalue weighted by atomic mass is 32.1. The number of hydrogen-bond acceptors (Lipinski definition) is 4. The predicted molar refractivity (Wildman–Crippen MR) is 118 cm³/mol. The summed E-state index contributed by atoms with van der Waals surface area (Å²) in [5, 5.41) is 3.45. The van der Waals surface area contributed by atoms with Gasteiger partial charge in [-0.2, -0.15) is 0 Å².